The first-order valence-electron chi connectivity index (χ1n) is 10.2. The number of nitrogens with zero attached hydrogens (tertiary/aromatic N) is 4. The molecule has 0 N–H and O–H groups in total. The van der Waals surface area contributed by atoms with E-state index in [9.17, 15) is 4.79 Å². The normalized spacial score (nSPS) is 10.9. The molecule has 172 valence electrons. The van der Waals surface area contributed by atoms with Gasteiger partial charge in [0, 0.05) is 25.5 Å². The molecule has 0 unspecified atom stereocenters. The van der Waals surface area contributed by atoms with E-state index >= 15 is 0 Å². The van der Waals surface area contributed by atoms with Crippen molar-refractivity contribution in [2.45, 2.75) is 13.0 Å². The van der Waals surface area contributed by atoms with Crippen molar-refractivity contribution in [3.8, 4) is 17.2 Å². The van der Waals surface area contributed by atoms with Crippen LogP contribution in [0.25, 0.3) is 10.2 Å². The van der Waals surface area contributed by atoms with Crippen LogP contribution >= 0.6 is 22.9 Å². The van der Waals surface area contributed by atoms with Crippen LogP contribution < -0.4 is 19.1 Å². The van der Waals surface area contributed by atoms with Crippen molar-refractivity contribution in [3.63, 3.8) is 0 Å². The molecule has 8 nitrogen and oxygen atoms in total. The third-order valence-electron chi connectivity index (χ3n) is 4.98. The Kier molecular flexibility index (Phi) is 7.31. The number of ether oxygens (including phenoxy) is 3. The van der Waals surface area contributed by atoms with E-state index in [0.29, 0.717) is 40.1 Å². The minimum absolute atomic E-state index is 0.127. The Labute approximate surface area is 200 Å². The molecule has 10 heteroatoms. The minimum Gasteiger partial charge on any atom is -0.497 e. The van der Waals surface area contributed by atoms with Crippen molar-refractivity contribution in [2.24, 2.45) is 0 Å². The Morgan fingerprint density at radius 1 is 1.12 bits per heavy atom. The number of aryl methyl sites for hydroxylation is 1. The zero-order valence-electron chi connectivity index (χ0n) is 18.2. The van der Waals surface area contributed by atoms with E-state index in [2.05, 4.69) is 9.97 Å². The summed E-state index contributed by atoms with van der Waals surface area (Å²) in [7, 11) is 3.18. The number of fused-ring (bicyclic) bond motifs is 1. The predicted molar refractivity (Wildman–Crippen MR) is 129 cm³/mol. The van der Waals surface area contributed by atoms with Gasteiger partial charge in [-0.15, -0.1) is 0 Å². The summed E-state index contributed by atoms with van der Waals surface area (Å²) < 4.78 is 19.1. The van der Waals surface area contributed by atoms with E-state index in [1.807, 2.05) is 10.8 Å². The Bertz CT molecular complexity index is 1210. The lowest BCUT2D eigenvalue weighted by molar-refractivity contribution is -0.120. The van der Waals surface area contributed by atoms with Gasteiger partial charge in [0.1, 0.15) is 22.8 Å². The highest BCUT2D eigenvalue weighted by Gasteiger charge is 2.22. The summed E-state index contributed by atoms with van der Waals surface area (Å²) in [5.41, 5.74) is 0.633. The molecule has 0 saturated heterocycles. The molecule has 4 aromatic rings. The third-order valence-corrected chi connectivity index (χ3v) is 6.52. The molecule has 0 radical (unpaired) electrons. The number of carbonyl (C=O) groups excluding carboxylic acids is 1. The van der Waals surface area contributed by atoms with Gasteiger partial charge in [-0.05, 0) is 42.8 Å². The lowest BCUT2D eigenvalue weighted by Gasteiger charge is -2.20. The molecule has 0 aliphatic heterocycles. The first-order valence-corrected chi connectivity index (χ1v) is 11.4. The van der Waals surface area contributed by atoms with Crippen molar-refractivity contribution in [3.05, 3.63) is 60.1 Å². The maximum Gasteiger partial charge on any atom is 0.266 e. The van der Waals surface area contributed by atoms with Gasteiger partial charge in [-0.2, -0.15) is 0 Å². The van der Waals surface area contributed by atoms with Crippen LogP contribution in [0.1, 0.15) is 6.42 Å². The van der Waals surface area contributed by atoms with E-state index in [0.717, 1.165) is 17.0 Å². The smallest absolute Gasteiger partial charge is 0.266 e. The largest absolute Gasteiger partial charge is 0.497 e. The number of imidazole rings is 1. The number of carbonyl (C=O) groups is 1. The van der Waals surface area contributed by atoms with Crippen LogP contribution in [0.15, 0.2) is 55.1 Å². The monoisotopic (exact) mass is 486 g/mol. The molecular weight excluding hydrogens is 464 g/mol. The maximum atomic E-state index is 13.2. The van der Waals surface area contributed by atoms with Gasteiger partial charge >= 0.3 is 0 Å². The second-order valence-electron chi connectivity index (χ2n) is 7.09. The number of halogens is 1. The summed E-state index contributed by atoms with van der Waals surface area (Å²) in [5.74, 6) is 1.70. The van der Waals surface area contributed by atoms with Crippen LogP contribution in [0.5, 0.6) is 17.2 Å². The Balaban J connectivity index is 1.54. The summed E-state index contributed by atoms with van der Waals surface area (Å²) in [6, 6.07) is 10.6. The van der Waals surface area contributed by atoms with E-state index < -0.39 is 0 Å². The van der Waals surface area contributed by atoms with Crippen LogP contribution in [0.2, 0.25) is 5.02 Å². The lowest BCUT2D eigenvalue weighted by Crippen LogP contribution is -2.36. The molecule has 0 aliphatic carbocycles. The molecule has 0 spiro atoms. The van der Waals surface area contributed by atoms with Gasteiger partial charge in [-0.25, -0.2) is 9.97 Å². The lowest BCUT2D eigenvalue weighted by atomic mass is 10.3. The van der Waals surface area contributed by atoms with E-state index in [1.165, 1.54) is 11.3 Å². The fourth-order valence-corrected chi connectivity index (χ4v) is 4.57. The van der Waals surface area contributed by atoms with Crippen LogP contribution in [0.4, 0.5) is 5.13 Å². The van der Waals surface area contributed by atoms with E-state index in [4.69, 9.17) is 25.8 Å². The van der Waals surface area contributed by atoms with Crippen molar-refractivity contribution >= 4 is 44.2 Å². The fourth-order valence-electron chi connectivity index (χ4n) is 3.27. The van der Waals surface area contributed by atoms with Gasteiger partial charge in [0.25, 0.3) is 5.91 Å². The van der Waals surface area contributed by atoms with Gasteiger partial charge < -0.3 is 18.8 Å². The first-order chi connectivity index (χ1) is 16.1. The molecule has 4 rings (SSSR count). The Hall–Kier alpha value is -3.30. The fraction of sp³-hybridized carbons (Fsp3) is 0.261. The van der Waals surface area contributed by atoms with E-state index in [-0.39, 0.29) is 12.5 Å². The highest BCUT2D eigenvalue weighted by molar-refractivity contribution is 7.23. The molecule has 2 aromatic heterocycles. The van der Waals surface area contributed by atoms with Gasteiger partial charge in [-0.3, -0.25) is 9.69 Å². The highest BCUT2D eigenvalue weighted by atomic mass is 35.5. The third kappa shape index (κ3) is 5.37. The molecule has 0 aliphatic rings. The second-order valence-corrected chi connectivity index (χ2v) is 8.47. The summed E-state index contributed by atoms with van der Waals surface area (Å²) in [5, 5.41) is 1.11. The molecule has 0 saturated carbocycles. The molecule has 2 aromatic carbocycles. The number of benzene rings is 2. The number of thiazole rings is 1. The van der Waals surface area contributed by atoms with Crippen LogP contribution in [-0.4, -0.2) is 47.8 Å². The quantitative estimate of drug-likeness (QED) is 0.324. The summed E-state index contributed by atoms with van der Waals surface area (Å²) in [6.45, 7) is 1.05. The predicted octanol–water partition coefficient (Wildman–Crippen LogP) is 4.67. The van der Waals surface area contributed by atoms with Gasteiger partial charge in [0.05, 0.1) is 30.3 Å². The molecule has 0 bridgehead atoms. The van der Waals surface area contributed by atoms with Crippen LogP contribution in [-0.2, 0) is 11.3 Å². The van der Waals surface area contributed by atoms with E-state index in [1.54, 1.807) is 68.0 Å². The van der Waals surface area contributed by atoms with Gasteiger partial charge in [-0.1, -0.05) is 22.9 Å². The molecule has 33 heavy (non-hydrogen) atoms. The number of rotatable bonds is 10. The first kappa shape index (κ1) is 22.9. The average molecular weight is 487 g/mol. The van der Waals surface area contributed by atoms with Crippen LogP contribution in [0, 0.1) is 0 Å². The number of methoxy groups -OCH3 is 2. The number of hydrogen-bond acceptors (Lipinski definition) is 7. The summed E-state index contributed by atoms with van der Waals surface area (Å²) >= 11 is 7.74. The number of anilines is 1. The average Bonchev–Trinajstić information content (AvgIpc) is 3.52. The molecule has 1 amide bonds. The molecule has 0 atom stereocenters. The molecule has 0 fully saturated rings. The van der Waals surface area contributed by atoms with Crippen molar-refractivity contribution in [2.75, 3.05) is 32.3 Å². The van der Waals surface area contributed by atoms with Gasteiger partial charge in [0.15, 0.2) is 11.7 Å². The topological polar surface area (TPSA) is 78.7 Å². The SMILES string of the molecule is COc1ccc(OCC(=O)N(CCCn2ccnc2)c2nc3c(OC)ccc(Cl)c3s2)cc1. The number of amides is 1. The second kappa shape index (κ2) is 10.5. The summed E-state index contributed by atoms with van der Waals surface area (Å²) in [4.78, 5) is 23.6. The number of hydrogen-bond donors (Lipinski definition) is 0. The minimum atomic E-state index is -0.203. The Morgan fingerprint density at radius 2 is 1.91 bits per heavy atom. The van der Waals surface area contributed by atoms with Gasteiger partial charge in [0.2, 0.25) is 0 Å². The molecular formula is C23H23ClN4O4S. The number of aromatic nitrogens is 3. The maximum absolute atomic E-state index is 13.2. The summed E-state index contributed by atoms with van der Waals surface area (Å²) in [6.07, 6.45) is 6.08. The zero-order chi connectivity index (χ0) is 23.2. The van der Waals surface area contributed by atoms with Crippen molar-refractivity contribution in [1.82, 2.24) is 14.5 Å². The van der Waals surface area contributed by atoms with Crippen LogP contribution in [0.3, 0.4) is 0 Å². The zero-order valence-corrected chi connectivity index (χ0v) is 19.8. The molecule has 2 heterocycles. The standard InChI is InChI=1S/C23H23ClN4O4S/c1-30-16-4-6-17(7-5-16)32-14-20(29)28(12-3-11-27-13-10-25-15-27)23-26-21-19(31-2)9-8-18(24)22(21)33-23/h4-10,13,15H,3,11-12,14H2,1-2H3. The van der Waals surface area contributed by atoms with Crippen molar-refractivity contribution in [1.29, 1.82) is 0 Å². The Morgan fingerprint density at radius 3 is 2.61 bits per heavy atom. The van der Waals surface area contributed by atoms with Crippen molar-refractivity contribution < 1.29 is 19.0 Å². The highest BCUT2D eigenvalue weighted by Crippen LogP contribution is 2.38.